The van der Waals surface area contributed by atoms with Crippen LogP contribution in [0, 0.1) is 0 Å². The number of rotatable bonds is 7. The van der Waals surface area contributed by atoms with Crippen molar-refractivity contribution in [1.29, 1.82) is 0 Å². The van der Waals surface area contributed by atoms with E-state index < -0.39 is 0 Å². The van der Waals surface area contributed by atoms with Gasteiger partial charge in [-0.2, -0.15) is 0 Å². The lowest BCUT2D eigenvalue weighted by atomic mass is 9.97. The van der Waals surface area contributed by atoms with Gasteiger partial charge in [-0.25, -0.2) is 9.97 Å². The molecule has 1 aromatic carbocycles. The molecule has 1 aliphatic rings. The highest BCUT2D eigenvalue weighted by Gasteiger charge is 2.21. The second-order valence-electron chi connectivity index (χ2n) is 7.47. The first kappa shape index (κ1) is 20.6. The summed E-state index contributed by atoms with van der Waals surface area (Å²) >= 11 is 1.74. The number of fused-ring (bicyclic) bond motifs is 3. The highest BCUT2D eigenvalue weighted by Crippen LogP contribution is 2.37. The lowest BCUT2D eigenvalue weighted by Gasteiger charge is -2.19. The Labute approximate surface area is 180 Å². The first-order chi connectivity index (χ1) is 14.6. The van der Waals surface area contributed by atoms with Crippen molar-refractivity contribution < 1.29 is 9.53 Å². The summed E-state index contributed by atoms with van der Waals surface area (Å²) < 4.78 is 5.30. The van der Waals surface area contributed by atoms with E-state index >= 15 is 0 Å². The number of ether oxygens (including phenoxy) is 1. The minimum absolute atomic E-state index is 0.109. The van der Waals surface area contributed by atoms with E-state index in [1.54, 1.807) is 18.4 Å². The quantitative estimate of drug-likeness (QED) is 0.601. The van der Waals surface area contributed by atoms with Gasteiger partial charge in [0, 0.05) is 4.88 Å². The predicted molar refractivity (Wildman–Crippen MR) is 121 cm³/mol. The number of aryl methyl sites for hydroxylation is 2. The molecule has 0 aliphatic heterocycles. The second-order valence-corrected chi connectivity index (χ2v) is 8.55. The number of carbonyl (C=O) groups excluding carboxylic acids is 1. The molecular weight excluding hydrogens is 398 g/mol. The van der Waals surface area contributed by atoms with Gasteiger partial charge in [0.15, 0.2) is 0 Å². The Morgan fingerprint density at radius 3 is 2.87 bits per heavy atom. The van der Waals surface area contributed by atoms with E-state index in [1.165, 1.54) is 23.3 Å². The number of benzene rings is 1. The minimum atomic E-state index is -0.109. The SMILES string of the molecule is CCN(CC(=O)Nc1ccccc1OC)Cc1nc(N)c2c3c(sc2n1)CCCC3. The molecule has 0 radical (unpaired) electrons. The van der Waals surface area contributed by atoms with E-state index in [4.69, 9.17) is 15.5 Å². The number of hydrogen-bond acceptors (Lipinski definition) is 7. The third-order valence-electron chi connectivity index (χ3n) is 5.45. The molecule has 1 aliphatic carbocycles. The van der Waals surface area contributed by atoms with Gasteiger partial charge >= 0.3 is 0 Å². The molecule has 2 heterocycles. The number of nitrogens with two attached hydrogens (primary N) is 1. The lowest BCUT2D eigenvalue weighted by molar-refractivity contribution is -0.117. The number of thiophene rings is 1. The Morgan fingerprint density at radius 2 is 2.07 bits per heavy atom. The topological polar surface area (TPSA) is 93.4 Å². The molecule has 0 saturated carbocycles. The molecule has 158 valence electrons. The maximum absolute atomic E-state index is 12.6. The van der Waals surface area contributed by atoms with Gasteiger partial charge in [0.25, 0.3) is 0 Å². The summed E-state index contributed by atoms with van der Waals surface area (Å²) in [6.45, 7) is 3.42. The van der Waals surface area contributed by atoms with Crippen molar-refractivity contribution in [1.82, 2.24) is 14.9 Å². The Balaban J connectivity index is 1.48. The fourth-order valence-corrected chi connectivity index (χ4v) is 5.21. The van der Waals surface area contributed by atoms with Crippen molar-refractivity contribution in [2.75, 3.05) is 31.2 Å². The van der Waals surface area contributed by atoms with E-state index in [-0.39, 0.29) is 12.5 Å². The van der Waals surface area contributed by atoms with Gasteiger partial charge in [0.05, 0.1) is 31.3 Å². The van der Waals surface area contributed by atoms with Crippen molar-refractivity contribution in [2.24, 2.45) is 0 Å². The second kappa shape index (κ2) is 8.97. The Bertz CT molecular complexity index is 1070. The molecular formula is C22H27N5O2S. The molecule has 4 rings (SSSR count). The van der Waals surface area contributed by atoms with Crippen LogP contribution in [0.4, 0.5) is 11.5 Å². The maximum Gasteiger partial charge on any atom is 0.238 e. The number of nitrogens with one attached hydrogen (secondary N) is 1. The Morgan fingerprint density at radius 1 is 1.27 bits per heavy atom. The van der Waals surface area contributed by atoms with E-state index in [9.17, 15) is 4.79 Å². The van der Waals surface area contributed by atoms with Crippen molar-refractivity contribution in [3.05, 3.63) is 40.5 Å². The number of hydrogen-bond donors (Lipinski definition) is 2. The van der Waals surface area contributed by atoms with Gasteiger partial charge in [0.1, 0.15) is 22.2 Å². The molecule has 0 saturated heterocycles. The highest BCUT2D eigenvalue weighted by molar-refractivity contribution is 7.19. The third-order valence-corrected chi connectivity index (χ3v) is 6.64. The third kappa shape index (κ3) is 4.24. The van der Waals surface area contributed by atoms with Crippen LogP contribution in [0.3, 0.4) is 0 Å². The molecule has 30 heavy (non-hydrogen) atoms. The molecule has 0 spiro atoms. The zero-order chi connectivity index (χ0) is 21.1. The van der Waals surface area contributed by atoms with Crippen LogP contribution in [-0.2, 0) is 24.2 Å². The molecule has 7 nitrogen and oxygen atoms in total. The van der Waals surface area contributed by atoms with Gasteiger partial charge in [-0.15, -0.1) is 11.3 Å². The van der Waals surface area contributed by atoms with Gasteiger partial charge in [-0.05, 0) is 49.9 Å². The van der Waals surface area contributed by atoms with Gasteiger partial charge in [-0.1, -0.05) is 19.1 Å². The van der Waals surface area contributed by atoms with Gasteiger partial charge < -0.3 is 15.8 Å². The standard InChI is InChI=1S/C22H27N5O2S/c1-3-27(13-19(28)24-15-9-5-6-10-16(15)29-2)12-18-25-21(23)20-14-8-4-7-11-17(14)30-22(20)26-18/h5-6,9-10H,3-4,7-8,11-13H2,1-2H3,(H,24,28)(H2,23,25,26). The molecule has 3 aromatic rings. The zero-order valence-corrected chi connectivity index (χ0v) is 18.2. The number of nitrogen functional groups attached to an aromatic ring is 1. The number of amides is 1. The molecule has 8 heteroatoms. The molecule has 2 aromatic heterocycles. The predicted octanol–water partition coefficient (Wildman–Crippen LogP) is 3.62. The number of methoxy groups -OCH3 is 1. The smallest absolute Gasteiger partial charge is 0.238 e. The Kier molecular flexibility index (Phi) is 6.15. The van der Waals surface area contributed by atoms with Crippen molar-refractivity contribution >= 4 is 39.0 Å². The van der Waals surface area contributed by atoms with Gasteiger partial charge in [-0.3, -0.25) is 9.69 Å². The fourth-order valence-electron chi connectivity index (χ4n) is 3.92. The van der Waals surface area contributed by atoms with Crippen molar-refractivity contribution in [3.8, 4) is 5.75 Å². The Hall–Kier alpha value is -2.71. The summed E-state index contributed by atoms with van der Waals surface area (Å²) in [7, 11) is 1.59. The van der Waals surface area contributed by atoms with Crippen LogP contribution < -0.4 is 15.8 Å². The van der Waals surface area contributed by atoms with E-state index in [2.05, 4.69) is 10.3 Å². The van der Waals surface area contributed by atoms with E-state index in [0.29, 0.717) is 36.2 Å². The largest absolute Gasteiger partial charge is 0.495 e. The molecule has 1 amide bonds. The number of carbonyl (C=O) groups is 1. The molecule has 0 bridgehead atoms. The lowest BCUT2D eigenvalue weighted by Crippen LogP contribution is -2.33. The first-order valence-corrected chi connectivity index (χ1v) is 11.1. The van der Waals surface area contributed by atoms with Crippen molar-refractivity contribution in [3.63, 3.8) is 0 Å². The summed E-state index contributed by atoms with van der Waals surface area (Å²) in [5.41, 5.74) is 8.32. The van der Waals surface area contributed by atoms with Crippen molar-refractivity contribution in [2.45, 2.75) is 39.2 Å². The molecule has 0 fully saturated rings. The number of aromatic nitrogens is 2. The van der Waals surface area contributed by atoms with Crippen LogP contribution in [0.5, 0.6) is 5.75 Å². The average Bonchev–Trinajstić information content (AvgIpc) is 3.12. The number of likely N-dealkylation sites (N-methyl/N-ethyl adjacent to an activating group) is 1. The summed E-state index contributed by atoms with van der Waals surface area (Å²) in [6, 6.07) is 7.37. The van der Waals surface area contributed by atoms with Crippen LogP contribution in [0.25, 0.3) is 10.2 Å². The number of anilines is 2. The number of para-hydroxylation sites is 2. The van der Waals surface area contributed by atoms with Crippen LogP contribution in [0.1, 0.15) is 36.0 Å². The summed E-state index contributed by atoms with van der Waals surface area (Å²) in [6.07, 6.45) is 4.59. The van der Waals surface area contributed by atoms with Crippen LogP contribution >= 0.6 is 11.3 Å². The monoisotopic (exact) mass is 425 g/mol. The molecule has 3 N–H and O–H groups in total. The molecule has 0 atom stereocenters. The highest BCUT2D eigenvalue weighted by atomic mass is 32.1. The van der Waals surface area contributed by atoms with Crippen LogP contribution in [0.2, 0.25) is 0 Å². The summed E-state index contributed by atoms with van der Waals surface area (Å²) in [4.78, 5) is 26.3. The molecule has 0 unspecified atom stereocenters. The summed E-state index contributed by atoms with van der Waals surface area (Å²) in [5.74, 6) is 1.74. The van der Waals surface area contributed by atoms with Crippen LogP contribution in [-0.4, -0.2) is 41.0 Å². The minimum Gasteiger partial charge on any atom is -0.495 e. The fraction of sp³-hybridized carbons (Fsp3) is 0.409. The first-order valence-electron chi connectivity index (χ1n) is 10.3. The summed E-state index contributed by atoms with van der Waals surface area (Å²) in [5, 5.41) is 3.95. The van der Waals surface area contributed by atoms with E-state index in [0.717, 1.165) is 23.1 Å². The van der Waals surface area contributed by atoms with Gasteiger partial charge in [0.2, 0.25) is 5.91 Å². The van der Waals surface area contributed by atoms with E-state index in [1.807, 2.05) is 36.1 Å². The maximum atomic E-state index is 12.6. The average molecular weight is 426 g/mol. The number of nitrogens with zero attached hydrogens (tertiary/aromatic N) is 3. The normalized spacial score (nSPS) is 13.4. The van der Waals surface area contributed by atoms with Crippen LogP contribution in [0.15, 0.2) is 24.3 Å². The zero-order valence-electron chi connectivity index (χ0n) is 17.4.